The molecule has 1 aliphatic rings. The van der Waals surface area contributed by atoms with Crippen molar-refractivity contribution in [2.75, 3.05) is 18.0 Å². The predicted molar refractivity (Wildman–Crippen MR) is 110 cm³/mol. The zero-order chi connectivity index (χ0) is 18.8. The largest absolute Gasteiger partial charge is 0.351 e. The highest BCUT2D eigenvalue weighted by molar-refractivity contribution is 7.17. The molecule has 1 aliphatic heterocycles. The molecule has 0 bridgehead atoms. The van der Waals surface area contributed by atoms with E-state index in [0.717, 1.165) is 41.0 Å². The molecule has 1 atom stereocenters. The Morgan fingerprint density at radius 3 is 2.74 bits per heavy atom. The van der Waals surface area contributed by atoms with Crippen LogP contribution in [-0.2, 0) is 11.3 Å². The molecule has 0 spiro atoms. The lowest BCUT2D eigenvalue weighted by molar-refractivity contribution is -0.125. The Bertz CT molecular complexity index is 895. The molecule has 0 aromatic carbocycles. The van der Waals surface area contributed by atoms with Crippen molar-refractivity contribution >= 4 is 33.7 Å². The van der Waals surface area contributed by atoms with Crippen LogP contribution in [0.5, 0.6) is 0 Å². The van der Waals surface area contributed by atoms with Crippen LogP contribution in [0.15, 0.2) is 29.6 Å². The number of nitrogens with zero attached hydrogens (tertiary/aromatic N) is 4. The average molecular weight is 402 g/mol. The second kappa shape index (κ2) is 7.82. The third-order valence-corrected chi connectivity index (χ3v) is 6.79. The van der Waals surface area contributed by atoms with E-state index in [1.54, 1.807) is 22.7 Å². The molecule has 4 heterocycles. The van der Waals surface area contributed by atoms with E-state index in [9.17, 15) is 4.79 Å². The first kappa shape index (κ1) is 18.2. The molecular formula is C19H23N5OS2. The lowest BCUT2D eigenvalue weighted by Gasteiger charge is -2.31. The minimum absolute atomic E-state index is 0.00103. The molecule has 1 amide bonds. The molecule has 3 aromatic heterocycles. The number of aryl methyl sites for hydroxylation is 2. The summed E-state index contributed by atoms with van der Waals surface area (Å²) in [5.74, 6) is 0.135. The van der Waals surface area contributed by atoms with Crippen molar-refractivity contribution in [2.45, 2.75) is 33.2 Å². The fourth-order valence-corrected chi connectivity index (χ4v) is 5.14. The van der Waals surface area contributed by atoms with Gasteiger partial charge in [0.15, 0.2) is 0 Å². The number of anilines is 1. The maximum Gasteiger partial charge on any atom is 0.225 e. The van der Waals surface area contributed by atoms with E-state index in [1.165, 1.54) is 4.88 Å². The van der Waals surface area contributed by atoms with Crippen LogP contribution in [0.3, 0.4) is 0 Å². The normalized spacial score (nSPS) is 17.3. The molecule has 0 unspecified atom stereocenters. The summed E-state index contributed by atoms with van der Waals surface area (Å²) in [6.45, 7) is 6.38. The Balaban J connectivity index is 1.42. The van der Waals surface area contributed by atoms with Crippen LogP contribution in [0.1, 0.15) is 29.1 Å². The van der Waals surface area contributed by atoms with Crippen molar-refractivity contribution in [3.63, 3.8) is 0 Å². The summed E-state index contributed by atoms with van der Waals surface area (Å²) < 4.78 is 2.12. The Morgan fingerprint density at radius 2 is 2.00 bits per heavy atom. The summed E-state index contributed by atoms with van der Waals surface area (Å²) in [5.41, 5.74) is 2.30. The fraction of sp³-hybridized carbons (Fsp3) is 0.421. The summed E-state index contributed by atoms with van der Waals surface area (Å²) in [6, 6.07) is 8.23. The monoisotopic (exact) mass is 401 g/mol. The minimum Gasteiger partial charge on any atom is -0.351 e. The van der Waals surface area contributed by atoms with Crippen molar-refractivity contribution in [3.8, 4) is 5.13 Å². The van der Waals surface area contributed by atoms with Gasteiger partial charge in [-0.3, -0.25) is 9.36 Å². The van der Waals surface area contributed by atoms with Crippen molar-refractivity contribution in [1.29, 1.82) is 0 Å². The van der Waals surface area contributed by atoms with Gasteiger partial charge in [-0.1, -0.05) is 17.4 Å². The Kier molecular flexibility index (Phi) is 5.27. The minimum atomic E-state index is 0.00103. The Morgan fingerprint density at radius 1 is 1.22 bits per heavy atom. The number of hydrogen-bond acceptors (Lipinski definition) is 6. The molecule has 4 rings (SSSR count). The van der Waals surface area contributed by atoms with Gasteiger partial charge in [-0.15, -0.1) is 21.5 Å². The Labute approximate surface area is 166 Å². The predicted octanol–water partition coefficient (Wildman–Crippen LogP) is 3.54. The van der Waals surface area contributed by atoms with E-state index in [-0.39, 0.29) is 11.8 Å². The highest BCUT2D eigenvalue weighted by Gasteiger charge is 2.28. The van der Waals surface area contributed by atoms with Gasteiger partial charge in [0, 0.05) is 29.4 Å². The van der Waals surface area contributed by atoms with E-state index in [0.29, 0.717) is 13.1 Å². The molecule has 27 heavy (non-hydrogen) atoms. The van der Waals surface area contributed by atoms with Gasteiger partial charge in [-0.05, 0) is 50.3 Å². The number of carbonyl (C=O) groups is 1. The lowest BCUT2D eigenvalue weighted by Crippen LogP contribution is -2.42. The third-order valence-electron chi connectivity index (χ3n) is 4.95. The maximum atomic E-state index is 12.6. The molecule has 0 radical (unpaired) electrons. The quantitative estimate of drug-likeness (QED) is 0.710. The van der Waals surface area contributed by atoms with Crippen LogP contribution < -0.4 is 10.2 Å². The molecule has 1 fully saturated rings. The fourth-order valence-electron chi connectivity index (χ4n) is 3.49. The molecule has 0 saturated carbocycles. The SMILES string of the molecule is Cc1ccc(C)n1-c1nnc(N2CCC[C@H](C(=O)NCc3cccs3)C2)s1. The number of hydrogen-bond donors (Lipinski definition) is 1. The number of thiophene rings is 1. The number of piperidine rings is 1. The van der Waals surface area contributed by atoms with E-state index >= 15 is 0 Å². The van der Waals surface area contributed by atoms with Crippen molar-refractivity contribution < 1.29 is 4.79 Å². The van der Waals surface area contributed by atoms with E-state index in [4.69, 9.17) is 0 Å². The maximum absolute atomic E-state index is 12.6. The van der Waals surface area contributed by atoms with Gasteiger partial charge in [-0.2, -0.15) is 0 Å². The van der Waals surface area contributed by atoms with Crippen LogP contribution in [0.4, 0.5) is 5.13 Å². The molecule has 3 aromatic rings. The standard InChI is InChI=1S/C19H23N5OS2/c1-13-7-8-14(2)24(13)19-22-21-18(27-19)23-9-3-5-15(12-23)17(25)20-11-16-6-4-10-26-16/h4,6-8,10,15H,3,5,9,11-12H2,1-2H3,(H,20,25)/t15-/m0/s1. The van der Waals surface area contributed by atoms with Gasteiger partial charge in [0.1, 0.15) is 0 Å². The van der Waals surface area contributed by atoms with Crippen LogP contribution in [-0.4, -0.2) is 33.8 Å². The number of nitrogens with one attached hydrogen (secondary N) is 1. The van der Waals surface area contributed by atoms with Crippen LogP contribution >= 0.6 is 22.7 Å². The first-order valence-electron chi connectivity index (χ1n) is 9.15. The summed E-state index contributed by atoms with van der Waals surface area (Å²) in [7, 11) is 0. The molecule has 142 valence electrons. The third kappa shape index (κ3) is 3.91. The topological polar surface area (TPSA) is 63.1 Å². The zero-order valence-electron chi connectivity index (χ0n) is 15.5. The molecule has 8 heteroatoms. The van der Waals surface area contributed by atoms with Crippen molar-refractivity contribution in [2.24, 2.45) is 5.92 Å². The van der Waals surface area contributed by atoms with E-state index in [1.807, 2.05) is 17.5 Å². The average Bonchev–Trinajstić information content (AvgIpc) is 3.42. The van der Waals surface area contributed by atoms with Crippen molar-refractivity contribution in [1.82, 2.24) is 20.1 Å². The number of carbonyl (C=O) groups excluding carboxylic acids is 1. The van der Waals surface area contributed by atoms with Gasteiger partial charge in [0.25, 0.3) is 0 Å². The summed E-state index contributed by atoms with van der Waals surface area (Å²) in [6.07, 6.45) is 1.92. The van der Waals surface area contributed by atoms with Gasteiger partial charge in [0.05, 0.1) is 12.5 Å². The second-order valence-corrected chi connectivity index (χ2v) is 8.87. The summed E-state index contributed by atoms with van der Waals surface area (Å²) in [5, 5.41) is 15.7. The number of rotatable bonds is 5. The Hall–Kier alpha value is -2.19. The molecule has 1 saturated heterocycles. The van der Waals surface area contributed by atoms with Crippen LogP contribution in [0.25, 0.3) is 5.13 Å². The lowest BCUT2D eigenvalue weighted by atomic mass is 9.97. The van der Waals surface area contributed by atoms with Crippen molar-refractivity contribution in [3.05, 3.63) is 45.9 Å². The van der Waals surface area contributed by atoms with Crippen LogP contribution in [0, 0.1) is 19.8 Å². The van der Waals surface area contributed by atoms with Gasteiger partial charge in [-0.25, -0.2) is 0 Å². The van der Waals surface area contributed by atoms with Gasteiger partial charge < -0.3 is 10.2 Å². The highest BCUT2D eigenvalue weighted by atomic mass is 32.1. The van der Waals surface area contributed by atoms with E-state index < -0.39 is 0 Å². The molecule has 0 aliphatic carbocycles. The zero-order valence-corrected chi connectivity index (χ0v) is 17.1. The van der Waals surface area contributed by atoms with Gasteiger partial charge >= 0.3 is 0 Å². The summed E-state index contributed by atoms with van der Waals surface area (Å²) >= 11 is 3.26. The van der Waals surface area contributed by atoms with E-state index in [2.05, 4.69) is 51.0 Å². The van der Waals surface area contributed by atoms with Crippen LogP contribution in [0.2, 0.25) is 0 Å². The molecule has 6 nitrogen and oxygen atoms in total. The smallest absolute Gasteiger partial charge is 0.225 e. The second-order valence-electron chi connectivity index (χ2n) is 6.90. The number of amides is 1. The highest BCUT2D eigenvalue weighted by Crippen LogP contribution is 2.29. The molecule has 1 N–H and O–H groups in total. The number of aromatic nitrogens is 3. The summed E-state index contributed by atoms with van der Waals surface area (Å²) in [4.78, 5) is 16.0. The van der Waals surface area contributed by atoms with Gasteiger partial charge in [0.2, 0.25) is 16.2 Å². The first-order valence-corrected chi connectivity index (χ1v) is 10.9. The molecular weight excluding hydrogens is 378 g/mol. The first-order chi connectivity index (χ1) is 13.1.